The Morgan fingerprint density at radius 1 is 1.46 bits per heavy atom. The number of aliphatic hydroxyl groups excluding tert-OH is 2. The van der Waals surface area contributed by atoms with E-state index in [1.807, 2.05) is 0 Å². The molecule has 1 unspecified atom stereocenters. The predicted molar refractivity (Wildman–Crippen MR) is 52.6 cm³/mol. The maximum absolute atomic E-state index is 9.58. The molecule has 0 saturated heterocycles. The van der Waals surface area contributed by atoms with E-state index in [0.717, 1.165) is 32.1 Å². The highest BCUT2D eigenvalue weighted by atomic mass is 16.3. The van der Waals surface area contributed by atoms with E-state index in [-0.39, 0.29) is 18.8 Å². The average Bonchev–Trinajstić information content (AvgIpc) is 2.51. The van der Waals surface area contributed by atoms with Gasteiger partial charge in [-0.15, -0.1) is 0 Å². The normalized spacial score (nSPS) is 30.7. The molecule has 0 aromatic rings. The number of rotatable bonds is 5. The lowest BCUT2D eigenvalue weighted by molar-refractivity contribution is 0.138. The highest BCUT2D eigenvalue weighted by Gasteiger charge is 2.26. The topological polar surface area (TPSA) is 52.5 Å². The molecule has 1 fully saturated rings. The van der Waals surface area contributed by atoms with E-state index in [1.54, 1.807) is 0 Å². The molecule has 1 aliphatic carbocycles. The van der Waals surface area contributed by atoms with E-state index in [0.29, 0.717) is 6.04 Å². The molecule has 1 saturated carbocycles. The molecule has 3 N–H and O–H groups in total. The molecular formula is C10H21NO2. The maximum atomic E-state index is 9.58. The van der Waals surface area contributed by atoms with Crippen molar-refractivity contribution in [3.05, 3.63) is 0 Å². The summed E-state index contributed by atoms with van der Waals surface area (Å²) in [7, 11) is 0. The molecule has 0 bridgehead atoms. The molecule has 3 heteroatoms. The van der Waals surface area contributed by atoms with Crippen LogP contribution in [0.5, 0.6) is 0 Å². The minimum absolute atomic E-state index is 0.173. The summed E-state index contributed by atoms with van der Waals surface area (Å²) in [4.78, 5) is 0. The number of nitrogens with one attached hydrogen (secondary N) is 1. The SMILES string of the molecule is CCC(CCO)N[C@@H]1CCC[C@H]1O. The van der Waals surface area contributed by atoms with Gasteiger partial charge in [0.1, 0.15) is 0 Å². The Bertz CT molecular complexity index is 141. The van der Waals surface area contributed by atoms with Gasteiger partial charge in [0.25, 0.3) is 0 Å². The monoisotopic (exact) mass is 187 g/mol. The van der Waals surface area contributed by atoms with Gasteiger partial charge in [0, 0.05) is 18.7 Å². The summed E-state index contributed by atoms with van der Waals surface area (Å²) in [5, 5.41) is 21.8. The van der Waals surface area contributed by atoms with Gasteiger partial charge >= 0.3 is 0 Å². The Labute approximate surface area is 80.2 Å². The van der Waals surface area contributed by atoms with Crippen molar-refractivity contribution in [3.63, 3.8) is 0 Å². The van der Waals surface area contributed by atoms with Crippen LogP contribution in [0.3, 0.4) is 0 Å². The van der Waals surface area contributed by atoms with Crippen molar-refractivity contribution in [1.82, 2.24) is 5.32 Å². The third-order valence-corrected chi connectivity index (χ3v) is 2.90. The van der Waals surface area contributed by atoms with Gasteiger partial charge < -0.3 is 15.5 Å². The molecule has 3 atom stereocenters. The number of hydrogen-bond donors (Lipinski definition) is 3. The van der Waals surface area contributed by atoms with Crippen LogP contribution in [-0.4, -0.2) is 35.0 Å². The predicted octanol–water partition coefficient (Wildman–Crippen LogP) is 0.650. The van der Waals surface area contributed by atoms with Crippen LogP contribution >= 0.6 is 0 Å². The second kappa shape index (κ2) is 5.58. The molecule has 13 heavy (non-hydrogen) atoms. The molecule has 0 heterocycles. The van der Waals surface area contributed by atoms with Crippen LogP contribution in [-0.2, 0) is 0 Å². The zero-order valence-electron chi connectivity index (χ0n) is 8.37. The van der Waals surface area contributed by atoms with Gasteiger partial charge in [-0.3, -0.25) is 0 Å². The summed E-state index contributed by atoms with van der Waals surface area (Å²) in [5.74, 6) is 0. The zero-order chi connectivity index (χ0) is 9.68. The van der Waals surface area contributed by atoms with Crippen LogP contribution in [0, 0.1) is 0 Å². The Morgan fingerprint density at radius 3 is 2.69 bits per heavy atom. The van der Waals surface area contributed by atoms with Crippen molar-refractivity contribution >= 4 is 0 Å². The molecule has 1 rings (SSSR count). The summed E-state index contributed by atoms with van der Waals surface area (Å²) in [6.07, 6.45) is 4.75. The van der Waals surface area contributed by atoms with E-state index < -0.39 is 0 Å². The van der Waals surface area contributed by atoms with E-state index in [1.165, 1.54) is 0 Å². The first-order valence-electron chi connectivity index (χ1n) is 5.33. The van der Waals surface area contributed by atoms with Gasteiger partial charge in [0.05, 0.1) is 6.10 Å². The molecule has 0 spiro atoms. The second-order valence-corrected chi connectivity index (χ2v) is 3.89. The van der Waals surface area contributed by atoms with Crippen LogP contribution in [0.1, 0.15) is 39.0 Å². The number of aliphatic hydroxyl groups is 2. The van der Waals surface area contributed by atoms with Gasteiger partial charge in [-0.05, 0) is 32.1 Å². The first kappa shape index (κ1) is 11.0. The standard InChI is InChI=1S/C10H21NO2/c1-2-8(6-7-12)11-9-4-3-5-10(9)13/h8-13H,2-7H2,1H3/t8?,9-,10-/m1/s1. The summed E-state index contributed by atoms with van der Waals surface area (Å²) < 4.78 is 0. The molecule has 1 aliphatic rings. The quantitative estimate of drug-likeness (QED) is 0.592. The molecule has 0 aromatic carbocycles. The Balaban J connectivity index is 2.27. The fourth-order valence-corrected chi connectivity index (χ4v) is 2.00. The zero-order valence-corrected chi connectivity index (χ0v) is 8.37. The lowest BCUT2D eigenvalue weighted by Crippen LogP contribution is -2.42. The second-order valence-electron chi connectivity index (χ2n) is 3.89. The van der Waals surface area contributed by atoms with Crippen LogP contribution in [0.2, 0.25) is 0 Å². The molecule has 0 aromatic heterocycles. The largest absolute Gasteiger partial charge is 0.396 e. The Kier molecular flexibility index (Phi) is 4.70. The molecule has 78 valence electrons. The highest BCUT2D eigenvalue weighted by molar-refractivity contribution is 4.85. The number of hydrogen-bond acceptors (Lipinski definition) is 3. The smallest absolute Gasteiger partial charge is 0.0693 e. The summed E-state index contributed by atoms with van der Waals surface area (Å²) in [5.41, 5.74) is 0. The van der Waals surface area contributed by atoms with Crippen molar-refractivity contribution in [2.45, 2.75) is 57.2 Å². The van der Waals surface area contributed by atoms with Crippen LogP contribution < -0.4 is 5.32 Å². The van der Waals surface area contributed by atoms with E-state index in [4.69, 9.17) is 5.11 Å². The van der Waals surface area contributed by atoms with Crippen molar-refractivity contribution in [3.8, 4) is 0 Å². The molecular weight excluding hydrogens is 166 g/mol. The highest BCUT2D eigenvalue weighted by Crippen LogP contribution is 2.19. The summed E-state index contributed by atoms with van der Waals surface area (Å²) in [6.45, 7) is 2.34. The van der Waals surface area contributed by atoms with E-state index >= 15 is 0 Å². The van der Waals surface area contributed by atoms with Crippen LogP contribution in [0.4, 0.5) is 0 Å². The average molecular weight is 187 g/mol. The third-order valence-electron chi connectivity index (χ3n) is 2.90. The van der Waals surface area contributed by atoms with Gasteiger partial charge in [-0.2, -0.15) is 0 Å². The maximum Gasteiger partial charge on any atom is 0.0693 e. The minimum atomic E-state index is -0.173. The first-order valence-corrected chi connectivity index (χ1v) is 5.33. The summed E-state index contributed by atoms with van der Waals surface area (Å²) in [6, 6.07) is 0.624. The molecule has 0 aliphatic heterocycles. The van der Waals surface area contributed by atoms with Gasteiger partial charge in [0.2, 0.25) is 0 Å². The van der Waals surface area contributed by atoms with Crippen molar-refractivity contribution in [2.75, 3.05) is 6.61 Å². The first-order chi connectivity index (χ1) is 6.27. The fourth-order valence-electron chi connectivity index (χ4n) is 2.00. The van der Waals surface area contributed by atoms with E-state index in [2.05, 4.69) is 12.2 Å². The molecule has 0 amide bonds. The van der Waals surface area contributed by atoms with Gasteiger partial charge in [-0.1, -0.05) is 6.92 Å². The van der Waals surface area contributed by atoms with Crippen molar-refractivity contribution < 1.29 is 10.2 Å². The third kappa shape index (κ3) is 3.25. The van der Waals surface area contributed by atoms with Gasteiger partial charge in [-0.25, -0.2) is 0 Å². The van der Waals surface area contributed by atoms with Crippen molar-refractivity contribution in [1.29, 1.82) is 0 Å². The van der Waals surface area contributed by atoms with Crippen LogP contribution in [0.15, 0.2) is 0 Å². The molecule has 3 nitrogen and oxygen atoms in total. The summed E-state index contributed by atoms with van der Waals surface area (Å²) >= 11 is 0. The van der Waals surface area contributed by atoms with Crippen molar-refractivity contribution in [2.24, 2.45) is 0 Å². The lowest BCUT2D eigenvalue weighted by atomic mass is 10.1. The fraction of sp³-hybridized carbons (Fsp3) is 1.00. The lowest BCUT2D eigenvalue weighted by Gasteiger charge is -2.23. The minimum Gasteiger partial charge on any atom is -0.396 e. The van der Waals surface area contributed by atoms with E-state index in [9.17, 15) is 5.11 Å². The van der Waals surface area contributed by atoms with Gasteiger partial charge in [0.15, 0.2) is 0 Å². The Hall–Kier alpha value is -0.120. The molecule has 0 radical (unpaired) electrons. The van der Waals surface area contributed by atoms with Crippen LogP contribution in [0.25, 0.3) is 0 Å². The Morgan fingerprint density at radius 2 is 2.23 bits per heavy atom.